The first-order valence-corrected chi connectivity index (χ1v) is 8.37. The van der Waals surface area contributed by atoms with Gasteiger partial charge in [0.15, 0.2) is 5.75 Å². The fraction of sp³-hybridized carbons (Fsp3) is 0.188. The Balaban J connectivity index is 2.44. The van der Waals surface area contributed by atoms with Gasteiger partial charge in [0.2, 0.25) is 0 Å². The summed E-state index contributed by atoms with van der Waals surface area (Å²) in [5.74, 6) is 0.566. The lowest BCUT2D eigenvalue weighted by Gasteiger charge is -2.14. The Morgan fingerprint density at radius 1 is 1.09 bits per heavy atom. The smallest absolute Gasteiger partial charge is 0.339 e. The van der Waals surface area contributed by atoms with Gasteiger partial charge in [-0.25, -0.2) is 0 Å². The fourth-order valence-corrected chi connectivity index (χ4v) is 3.56. The normalized spacial score (nSPS) is 10.9. The average Bonchev–Trinajstić information content (AvgIpc) is 2.51. The van der Waals surface area contributed by atoms with Gasteiger partial charge in [0.1, 0.15) is 10.6 Å². The van der Waals surface area contributed by atoms with Crippen molar-refractivity contribution in [2.75, 3.05) is 7.11 Å². The topological polar surface area (TPSA) is 76.4 Å². The molecular formula is C16H14ClNO4S. The Kier molecular flexibility index (Phi) is 4.83. The zero-order chi connectivity index (χ0) is 17.2. The van der Waals surface area contributed by atoms with Crippen LogP contribution in [0.1, 0.15) is 16.7 Å². The molecule has 0 heterocycles. The molecule has 0 atom stereocenters. The van der Waals surface area contributed by atoms with Crippen molar-refractivity contribution in [3.63, 3.8) is 0 Å². The van der Waals surface area contributed by atoms with E-state index in [2.05, 4.69) is 0 Å². The molecule has 23 heavy (non-hydrogen) atoms. The van der Waals surface area contributed by atoms with Gasteiger partial charge in [-0.1, -0.05) is 11.6 Å². The summed E-state index contributed by atoms with van der Waals surface area (Å²) in [4.78, 5) is 0.0382. The summed E-state index contributed by atoms with van der Waals surface area (Å²) in [7, 11) is -2.54. The van der Waals surface area contributed by atoms with Gasteiger partial charge in [0.05, 0.1) is 23.8 Å². The molecule has 2 aromatic carbocycles. The van der Waals surface area contributed by atoms with Crippen LogP contribution in [0.5, 0.6) is 11.5 Å². The van der Waals surface area contributed by atoms with Crippen molar-refractivity contribution in [3.05, 3.63) is 52.0 Å². The Hall–Kier alpha value is -2.23. The van der Waals surface area contributed by atoms with E-state index in [0.717, 1.165) is 0 Å². The van der Waals surface area contributed by atoms with Gasteiger partial charge in [-0.3, -0.25) is 0 Å². The van der Waals surface area contributed by atoms with Gasteiger partial charge >= 0.3 is 10.1 Å². The highest BCUT2D eigenvalue weighted by Crippen LogP contribution is 2.31. The number of halogens is 1. The van der Waals surface area contributed by atoms with Crippen molar-refractivity contribution in [1.29, 1.82) is 5.26 Å². The van der Waals surface area contributed by atoms with Crippen LogP contribution in [-0.2, 0) is 10.1 Å². The van der Waals surface area contributed by atoms with E-state index in [1.54, 1.807) is 19.9 Å². The van der Waals surface area contributed by atoms with E-state index in [9.17, 15) is 8.42 Å². The highest BCUT2D eigenvalue weighted by Gasteiger charge is 2.22. The lowest BCUT2D eigenvalue weighted by molar-refractivity contribution is 0.410. The summed E-state index contributed by atoms with van der Waals surface area (Å²) in [6, 6.07) is 9.04. The van der Waals surface area contributed by atoms with Crippen LogP contribution in [0.25, 0.3) is 0 Å². The van der Waals surface area contributed by atoms with Crippen LogP contribution in [0.4, 0.5) is 0 Å². The van der Waals surface area contributed by atoms with Crippen molar-refractivity contribution in [3.8, 4) is 17.6 Å². The minimum Gasteiger partial charge on any atom is -0.496 e. The number of ether oxygens (including phenoxy) is 1. The molecule has 0 spiro atoms. The maximum atomic E-state index is 12.5. The van der Waals surface area contributed by atoms with Gasteiger partial charge < -0.3 is 8.92 Å². The van der Waals surface area contributed by atoms with Crippen molar-refractivity contribution >= 4 is 21.7 Å². The van der Waals surface area contributed by atoms with E-state index in [1.165, 1.54) is 31.4 Å². The molecule has 0 aliphatic carbocycles. The van der Waals surface area contributed by atoms with Gasteiger partial charge in [-0.15, -0.1) is 0 Å². The van der Waals surface area contributed by atoms with E-state index in [0.29, 0.717) is 22.4 Å². The Bertz CT molecular complexity index is 901. The molecule has 0 radical (unpaired) electrons. The molecule has 0 aliphatic rings. The van der Waals surface area contributed by atoms with Crippen LogP contribution in [0, 0.1) is 25.2 Å². The van der Waals surface area contributed by atoms with Crippen LogP contribution >= 0.6 is 11.6 Å². The van der Waals surface area contributed by atoms with Gasteiger partial charge in [0, 0.05) is 0 Å². The number of hydrogen-bond donors (Lipinski definition) is 0. The van der Waals surface area contributed by atoms with Gasteiger partial charge in [0.25, 0.3) is 0 Å². The SMILES string of the molecule is COc1ccc(S(=O)(=O)Oc2ccc(C#N)cc2Cl)c(C)c1C. The third-order valence-electron chi connectivity index (χ3n) is 3.44. The second kappa shape index (κ2) is 6.49. The number of nitrogens with zero attached hydrogens (tertiary/aromatic N) is 1. The van der Waals surface area contributed by atoms with Crippen LogP contribution in [-0.4, -0.2) is 15.5 Å². The first kappa shape index (κ1) is 17.1. The molecule has 5 nitrogen and oxygen atoms in total. The Morgan fingerprint density at radius 2 is 1.74 bits per heavy atom. The van der Waals surface area contributed by atoms with Crippen molar-refractivity contribution in [1.82, 2.24) is 0 Å². The summed E-state index contributed by atoms with van der Waals surface area (Å²) in [6.45, 7) is 3.44. The molecular weight excluding hydrogens is 338 g/mol. The zero-order valence-corrected chi connectivity index (χ0v) is 14.3. The summed E-state index contributed by atoms with van der Waals surface area (Å²) in [5.41, 5.74) is 1.56. The quantitative estimate of drug-likeness (QED) is 0.786. The summed E-state index contributed by atoms with van der Waals surface area (Å²) >= 11 is 5.96. The summed E-state index contributed by atoms with van der Waals surface area (Å²) in [5, 5.41) is 8.85. The molecule has 0 aliphatic heterocycles. The Morgan fingerprint density at radius 3 is 2.30 bits per heavy atom. The molecule has 0 N–H and O–H groups in total. The predicted molar refractivity (Wildman–Crippen MR) is 86.4 cm³/mol. The van der Waals surface area contributed by atoms with E-state index in [4.69, 9.17) is 25.8 Å². The van der Waals surface area contributed by atoms with Crippen LogP contribution in [0.3, 0.4) is 0 Å². The second-order valence-electron chi connectivity index (χ2n) is 4.81. The van der Waals surface area contributed by atoms with Gasteiger partial charge in [-0.2, -0.15) is 13.7 Å². The number of rotatable bonds is 4. The highest BCUT2D eigenvalue weighted by molar-refractivity contribution is 7.87. The predicted octanol–water partition coefficient (Wildman–Crippen LogP) is 3.60. The molecule has 2 rings (SSSR count). The average molecular weight is 352 g/mol. The lowest BCUT2D eigenvalue weighted by Crippen LogP contribution is -2.12. The number of hydrogen-bond acceptors (Lipinski definition) is 5. The largest absolute Gasteiger partial charge is 0.496 e. The monoisotopic (exact) mass is 351 g/mol. The summed E-state index contributed by atoms with van der Waals surface area (Å²) in [6.07, 6.45) is 0. The first-order chi connectivity index (χ1) is 10.8. The molecule has 0 aromatic heterocycles. The van der Waals surface area contributed by atoms with Gasteiger partial charge in [-0.05, 0) is 55.3 Å². The highest BCUT2D eigenvalue weighted by atomic mass is 35.5. The standard InChI is InChI=1S/C16H14ClNO4S/c1-10-11(2)16(7-6-14(10)21-3)23(19,20)22-15-5-4-12(9-18)8-13(15)17/h4-8H,1-3H3. The molecule has 0 saturated heterocycles. The van der Waals surface area contributed by atoms with E-state index >= 15 is 0 Å². The Labute approximate surface area is 140 Å². The lowest BCUT2D eigenvalue weighted by atomic mass is 10.1. The van der Waals surface area contributed by atoms with Crippen LogP contribution in [0.2, 0.25) is 5.02 Å². The van der Waals surface area contributed by atoms with Crippen LogP contribution < -0.4 is 8.92 Å². The number of nitriles is 1. The zero-order valence-electron chi connectivity index (χ0n) is 12.8. The van der Waals surface area contributed by atoms with Crippen molar-refractivity contribution in [2.45, 2.75) is 18.7 Å². The van der Waals surface area contributed by atoms with E-state index in [1.807, 2.05) is 6.07 Å². The van der Waals surface area contributed by atoms with E-state index in [-0.39, 0.29) is 15.7 Å². The van der Waals surface area contributed by atoms with Crippen molar-refractivity contribution < 1.29 is 17.3 Å². The van der Waals surface area contributed by atoms with E-state index < -0.39 is 10.1 Å². The third kappa shape index (κ3) is 3.41. The second-order valence-corrected chi connectivity index (χ2v) is 6.73. The molecule has 7 heteroatoms. The van der Waals surface area contributed by atoms with Crippen molar-refractivity contribution in [2.24, 2.45) is 0 Å². The molecule has 0 fully saturated rings. The molecule has 120 valence electrons. The molecule has 0 amide bonds. The minimum atomic E-state index is -4.06. The minimum absolute atomic E-state index is 0.0291. The summed E-state index contributed by atoms with van der Waals surface area (Å²) < 4.78 is 35.3. The molecule has 0 unspecified atom stereocenters. The van der Waals surface area contributed by atoms with Crippen LogP contribution in [0.15, 0.2) is 35.2 Å². The number of methoxy groups -OCH3 is 1. The number of benzene rings is 2. The maximum absolute atomic E-state index is 12.5. The molecule has 0 bridgehead atoms. The third-order valence-corrected chi connectivity index (χ3v) is 5.11. The maximum Gasteiger partial charge on any atom is 0.339 e. The fourth-order valence-electron chi connectivity index (χ4n) is 2.06. The molecule has 0 saturated carbocycles. The molecule has 2 aromatic rings. The first-order valence-electron chi connectivity index (χ1n) is 6.58.